The second-order valence-electron chi connectivity index (χ2n) is 4.72. The molecule has 0 saturated carbocycles. The van der Waals surface area contributed by atoms with Crippen LogP contribution in [-0.2, 0) is 20.7 Å². The molecule has 0 aliphatic carbocycles. The molecule has 0 radical (unpaired) electrons. The van der Waals surface area contributed by atoms with Crippen molar-refractivity contribution in [2.45, 2.75) is 33.2 Å². The van der Waals surface area contributed by atoms with E-state index in [9.17, 15) is 14.7 Å². The normalized spacial score (nSPS) is 11.9. The summed E-state index contributed by atoms with van der Waals surface area (Å²) in [6, 6.07) is 4.84. The Kier molecular flexibility index (Phi) is 6.18. The number of aryl methyl sites for hydroxylation is 2. The molecule has 1 rings (SSSR count). The van der Waals surface area contributed by atoms with E-state index in [1.165, 1.54) is 0 Å². The fraction of sp³-hybridized carbons (Fsp3) is 0.467. The van der Waals surface area contributed by atoms with Crippen LogP contribution in [0.1, 0.15) is 23.6 Å². The van der Waals surface area contributed by atoms with Crippen LogP contribution in [0.2, 0.25) is 0 Å². The SMILES string of the molecule is CCOCC(=O)N[C@H](Cc1ccc(C)c(C)c1)C(=O)O. The van der Waals surface area contributed by atoms with E-state index in [-0.39, 0.29) is 13.0 Å². The summed E-state index contributed by atoms with van der Waals surface area (Å²) >= 11 is 0. The van der Waals surface area contributed by atoms with Crippen LogP contribution in [0.15, 0.2) is 18.2 Å². The van der Waals surface area contributed by atoms with E-state index in [0.717, 1.165) is 16.7 Å². The van der Waals surface area contributed by atoms with Gasteiger partial charge in [0.1, 0.15) is 12.6 Å². The minimum Gasteiger partial charge on any atom is -0.480 e. The molecule has 110 valence electrons. The smallest absolute Gasteiger partial charge is 0.326 e. The maximum atomic E-state index is 11.5. The average molecular weight is 279 g/mol. The topological polar surface area (TPSA) is 75.6 Å². The van der Waals surface area contributed by atoms with Crippen molar-refractivity contribution in [1.29, 1.82) is 0 Å². The van der Waals surface area contributed by atoms with Crippen molar-refractivity contribution >= 4 is 11.9 Å². The minimum atomic E-state index is -1.05. The number of rotatable bonds is 7. The molecule has 1 atom stereocenters. The summed E-state index contributed by atoms with van der Waals surface area (Å²) in [5, 5.41) is 11.6. The van der Waals surface area contributed by atoms with E-state index in [1.807, 2.05) is 32.0 Å². The Labute approximate surface area is 118 Å². The summed E-state index contributed by atoms with van der Waals surface area (Å²) in [6.07, 6.45) is 0.258. The summed E-state index contributed by atoms with van der Waals surface area (Å²) in [5.74, 6) is -1.46. The van der Waals surface area contributed by atoms with Gasteiger partial charge in [0.25, 0.3) is 0 Å². The van der Waals surface area contributed by atoms with Crippen molar-refractivity contribution in [3.63, 3.8) is 0 Å². The van der Waals surface area contributed by atoms with E-state index in [1.54, 1.807) is 6.92 Å². The third-order valence-corrected chi connectivity index (χ3v) is 3.08. The Balaban J connectivity index is 2.69. The van der Waals surface area contributed by atoms with Crippen molar-refractivity contribution in [3.05, 3.63) is 34.9 Å². The maximum absolute atomic E-state index is 11.5. The lowest BCUT2D eigenvalue weighted by atomic mass is 10.0. The van der Waals surface area contributed by atoms with Gasteiger partial charge in [-0.25, -0.2) is 4.79 Å². The molecular weight excluding hydrogens is 258 g/mol. The molecule has 1 aromatic carbocycles. The second kappa shape index (κ2) is 7.65. The fourth-order valence-electron chi connectivity index (χ4n) is 1.80. The number of carbonyl (C=O) groups excluding carboxylic acids is 1. The van der Waals surface area contributed by atoms with Gasteiger partial charge in [-0.1, -0.05) is 18.2 Å². The predicted molar refractivity (Wildman–Crippen MR) is 75.7 cm³/mol. The summed E-state index contributed by atoms with van der Waals surface area (Å²) in [4.78, 5) is 22.7. The number of benzene rings is 1. The molecule has 0 fully saturated rings. The highest BCUT2D eigenvalue weighted by molar-refractivity contribution is 5.84. The van der Waals surface area contributed by atoms with Crippen molar-refractivity contribution in [2.24, 2.45) is 0 Å². The van der Waals surface area contributed by atoms with Gasteiger partial charge in [0.2, 0.25) is 5.91 Å². The van der Waals surface area contributed by atoms with Crippen molar-refractivity contribution in [1.82, 2.24) is 5.32 Å². The van der Waals surface area contributed by atoms with Crippen LogP contribution in [-0.4, -0.2) is 36.2 Å². The lowest BCUT2D eigenvalue weighted by Gasteiger charge is -2.15. The molecular formula is C15H21NO4. The number of ether oxygens (including phenoxy) is 1. The van der Waals surface area contributed by atoms with Gasteiger partial charge in [0.05, 0.1) is 0 Å². The molecule has 1 amide bonds. The molecule has 0 bridgehead atoms. The second-order valence-corrected chi connectivity index (χ2v) is 4.72. The average Bonchev–Trinajstić information content (AvgIpc) is 2.39. The summed E-state index contributed by atoms with van der Waals surface area (Å²) in [7, 11) is 0. The van der Waals surface area contributed by atoms with Crippen LogP contribution < -0.4 is 5.32 Å². The predicted octanol–water partition coefficient (Wildman–Crippen LogP) is 1.45. The number of carbonyl (C=O) groups is 2. The van der Waals surface area contributed by atoms with Gasteiger partial charge in [-0.2, -0.15) is 0 Å². The van der Waals surface area contributed by atoms with Gasteiger partial charge in [0, 0.05) is 13.0 Å². The first kappa shape index (κ1) is 16.2. The first-order valence-electron chi connectivity index (χ1n) is 6.60. The van der Waals surface area contributed by atoms with E-state index >= 15 is 0 Å². The molecule has 0 unspecified atom stereocenters. The zero-order chi connectivity index (χ0) is 15.1. The summed E-state index contributed by atoms with van der Waals surface area (Å²) in [5.41, 5.74) is 3.14. The van der Waals surface area contributed by atoms with Crippen molar-refractivity contribution in [2.75, 3.05) is 13.2 Å². The number of hydrogen-bond acceptors (Lipinski definition) is 3. The molecule has 0 aliphatic rings. The fourth-order valence-corrected chi connectivity index (χ4v) is 1.80. The molecule has 5 heteroatoms. The van der Waals surface area contributed by atoms with Gasteiger partial charge in [-0.15, -0.1) is 0 Å². The third kappa shape index (κ3) is 5.01. The Morgan fingerprint density at radius 1 is 1.30 bits per heavy atom. The van der Waals surface area contributed by atoms with Crippen molar-refractivity contribution < 1.29 is 19.4 Å². The molecule has 0 aliphatic heterocycles. The third-order valence-electron chi connectivity index (χ3n) is 3.08. The molecule has 2 N–H and O–H groups in total. The number of aliphatic carboxylic acids is 1. The van der Waals surface area contributed by atoms with Crippen LogP contribution in [0.25, 0.3) is 0 Å². The number of nitrogens with one attached hydrogen (secondary N) is 1. The molecule has 0 spiro atoms. The Bertz CT molecular complexity index is 485. The van der Waals surface area contributed by atoms with Crippen molar-refractivity contribution in [3.8, 4) is 0 Å². The zero-order valence-corrected chi connectivity index (χ0v) is 12.1. The maximum Gasteiger partial charge on any atom is 0.326 e. The summed E-state index contributed by atoms with van der Waals surface area (Å²) in [6.45, 7) is 6.05. The van der Waals surface area contributed by atoms with Gasteiger partial charge >= 0.3 is 5.97 Å². The zero-order valence-electron chi connectivity index (χ0n) is 12.1. The molecule has 20 heavy (non-hydrogen) atoms. The Hall–Kier alpha value is -1.88. The monoisotopic (exact) mass is 279 g/mol. The van der Waals surface area contributed by atoms with E-state index in [0.29, 0.717) is 6.61 Å². The first-order chi connectivity index (χ1) is 9.43. The number of carboxylic acids is 1. The highest BCUT2D eigenvalue weighted by Crippen LogP contribution is 2.11. The minimum absolute atomic E-state index is 0.118. The number of hydrogen-bond donors (Lipinski definition) is 2. The van der Waals surface area contributed by atoms with E-state index in [2.05, 4.69) is 5.32 Å². The largest absolute Gasteiger partial charge is 0.480 e. The van der Waals surface area contributed by atoms with Crippen LogP contribution in [0.4, 0.5) is 0 Å². The quantitative estimate of drug-likeness (QED) is 0.792. The molecule has 0 aromatic heterocycles. The molecule has 1 aromatic rings. The van der Waals surface area contributed by atoms with Gasteiger partial charge in [-0.05, 0) is 37.5 Å². The molecule has 5 nitrogen and oxygen atoms in total. The van der Waals surface area contributed by atoms with Gasteiger partial charge in [0.15, 0.2) is 0 Å². The number of carboxylic acid groups (broad SMARTS) is 1. The molecule has 0 saturated heterocycles. The van der Waals surface area contributed by atoms with Crippen LogP contribution in [0.3, 0.4) is 0 Å². The Morgan fingerprint density at radius 3 is 2.55 bits per heavy atom. The Morgan fingerprint density at radius 2 is 2.00 bits per heavy atom. The summed E-state index contributed by atoms with van der Waals surface area (Å²) < 4.78 is 4.96. The van der Waals surface area contributed by atoms with Gasteiger partial charge in [-0.3, -0.25) is 4.79 Å². The lowest BCUT2D eigenvalue weighted by molar-refractivity contribution is -0.142. The van der Waals surface area contributed by atoms with E-state index in [4.69, 9.17) is 4.74 Å². The lowest BCUT2D eigenvalue weighted by Crippen LogP contribution is -2.43. The van der Waals surface area contributed by atoms with Crippen LogP contribution in [0, 0.1) is 13.8 Å². The van der Waals surface area contributed by atoms with E-state index < -0.39 is 17.9 Å². The highest BCUT2D eigenvalue weighted by Gasteiger charge is 2.20. The van der Waals surface area contributed by atoms with Gasteiger partial charge < -0.3 is 15.2 Å². The standard InChI is InChI=1S/C15H21NO4/c1-4-20-9-14(17)16-13(15(18)19)8-12-6-5-10(2)11(3)7-12/h5-7,13H,4,8-9H2,1-3H3,(H,16,17)(H,18,19)/t13-/m1/s1. The number of amides is 1. The molecule has 0 heterocycles. The van der Waals surface area contributed by atoms with Crippen LogP contribution in [0.5, 0.6) is 0 Å². The highest BCUT2D eigenvalue weighted by atomic mass is 16.5. The van der Waals surface area contributed by atoms with Crippen LogP contribution >= 0.6 is 0 Å². The first-order valence-corrected chi connectivity index (χ1v) is 6.60.